The third kappa shape index (κ3) is 4.82. The number of nitrogens with one attached hydrogen (secondary N) is 1. The molecule has 9 heteroatoms. The van der Waals surface area contributed by atoms with Crippen molar-refractivity contribution in [2.24, 2.45) is 0 Å². The Morgan fingerprint density at radius 1 is 0.938 bits per heavy atom. The number of sulfonamides is 1. The van der Waals surface area contributed by atoms with Crippen molar-refractivity contribution >= 4 is 33.4 Å². The molecule has 0 radical (unpaired) electrons. The van der Waals surface area contributed by atoms with Gasteiger partial charge in [0.2, 0.25) is 15.9 Å². The number of benzene rings is 2. The van der Waals surface area contributed by atoms with Crippen LogP contribution in [0.25, 0.3) is 0 Å². The van der Waals surface area contributed by atoms with Crippen LogP contribution < -0.4 is 5.32 Å². The highest BCUT2D eigenvalue weighted by Gasteiger charge is 2.30. The van der Waals surface area contributed by atoms with Crippen molar-refractivity contribution in [3.8, 4) is 0 Å². The van der Waals surface area contributed by atoms with Crippen LogP contribution in [-0.4, -0.2) is 62.2 Å². The van der Waals surface area contributed by atoms with E-state index >= 15 is 0 Å². The average molecular weight is 476 g/mol. The van der Waals surface area contributed by atoms with E-state index < -0.39 is 15.9 Å². The lowest BCUT2D eigenvalue weighted by atomic mass is 9.92. The zero-order valence-corrected chi connectivity index (χ0v) is 19.3. The van der Waals surface area contributed by atoms with Gasteiger partial charge in [-0.25, -0.2) is 8.42 Å². The first-order valence-corrected chi connectivity index (χ1v) is 12.6. The first-order valence-electron chi connectivity index (χ1n) is 10.8. The molecule has 1 N–H and O–H groups in total. The fourth-order valence-corrected chi connectivity index (χ4v) is 5.90. The summed E-state index contributed by atoms with van der Waals surface area (Å²) in [5.41, 5.74) is 2.67. The lowest BCUT2D eigenvalue weighted by Gasteiger charge is -2.34. The highest BCUT2D eigenvalue weighted by atomic mass is 35.5. The SMILES string of the molecule is O=C(NCC(=O)N1CCN(S(=O)(=O)c2ccc3c(c2)CCCC3)CC1)c1ccccc1Cl. The van der Waals surface area contributed by atoms with Gasteiger partial charge in [-0.1, -0.05) is 29.8 Å². The largest absolute Gasteiger partial charge is 0.343 e. The maximum absolute atomic E-state index is 13.1. The molecule has 2 aliphatic rings. The summed E-state index contributed by atoms with van der Waals surface area (Å²) in [5.74, 6) is -0.672. The average Bonchev–Trinajstić information content (AvgIpc) is 2.82. The number of piperazine rings is 1. The second-order valence-electron chi connectivity index (χ2n) is 8.09. The minimum absolute atomic E-state index is 0.165. The van der Waals surface area contributed by atoms with Gasteiger partial charge in [-0.15, -0.1) is 0 Å². The van der Waals surface area contributed by atoms with Crippen LogP contribution in [0.4, 0.5) is 0 Å². The van der Waals surface area contributed by atoms with Gasteiger partial charge in [0.1, 0.15) is 0 Å². The van der Waals surface area contributed by atoms with Crippen molar-refractivity contribution in [3.05, 3.63) is 64.2 Å². The smallest absolute Gasteiger partial charge is 0.253 e. The molecule has 2 aromatic carbocycles. The molecule has 1 heterocycles. The summed E-state index contributed by atoms with van der Waals surface area (Å²) in [6.45, 7) is 0.852. The summed E-state index contributed by atoms with van der Waals surface area (Å²) in [6.07, 6.45) is 4.16. The minimum atomic E-state index is -3.60. The maximum Gasteiger partial charge on any atom is 0.253 e. The number of aryl methyl sites for hydroxylation is 2. The molecule has 1 aliphatic carbocycles. The number of carbonyl (C=O) groups excluding carboxylic acids is 2. The molecule has 2 amide bonds. The summed E-state index contributed by atoms with van der Waals surface area (Å²) in [4.78, 5) is 26.7. The number of hydrogen-bond donors (Lipinski definition) is 1. The number of fused-ring (bicyclic) bond motifs is 1. The van der Waals surface area contributed by atoms with Crippen LogP contribution in [0.2, 0.25) is 5.02 Å². The van der Waals surface area contributed by atoms with E-state index in [4.69, 9.17) is 11.6 Å². The Kier molecular flexibility index (Phi) is 6.83. The zero-order chi connectivity index (χ0) is 22.7. The maximum atomic E-state index is 13.1. The lowest BCUT2D eigenvalue weighted by molar-refractivity contribution is -0.131. The molecule has 1 saturated heterocycles. The topological polar surface area (TPSA) is 86.8 Å². The molecule has 0 unspecified atom stereocenters. The Morgan fingerprint density at radius 3 is 2.34 bits per heavy atom. The molecule has 170 valence electrons. The number of halogens is 1. The van der Waals surface area contributed by atoms with Crippen LogP contribution in [0.5, 0.6) is 0 Å². The molecule has 0 bridgehead atoms. The van der Waals surface area contributed by atoms with Crippen LogP contribution in [0.3, 0.4) is 0 Å². The molecule has 32 heavy (non-hydrogen) atoms. The number of hydrogen-bond acceptors (Lipinski definition) is 4. The predicted octanol–water partition coefficient (Wildman–Crippen LogP) is 2.48. The van der Waals surface area contributed by atoms with Crippen LogP contribution >= 0.6 is 11.6 Å². The van der Waals surface area contributed by atoms with Crippen LogP contribution in [0, 0.1) is 0 Å². The second kappa shape index (κ2) is 9.60. The first kappa shape index (κ1) is 22.8. The van der Waals surface area contributed by atoms with E-state index in [-0.39, 0.29) is 38.6 Å². The van der Waals surface area contributed by atoms with Crippen molar-refractivity contribution in [1.29, 1.82) is 0 Å². The summed E-state index contributed by atoms with van der Waals surface area (Å²) in [7, 11) is -3.60. The monoisotopic (exact) mass is 475 g/mol. The molecule has 1 fully saturated rings. The Labute approximate surface area is 193 Å². The van der Waals surface area contributed by atoms with Gasteiger partial charge in [0, 0.05) is 26.2 Å². The van der Waals surface area contributed by atoms with Gasteiger partial charge in [0.15, 0.2) is 0 Å². The molecule has 1 aliphatic heterocycles. The van der Waals surface area contributed by atoms with E-state index in [0.717, 1.165) is 31.2 Å². The Balaban J connectivity index is 1.33. The van der Waals surface area contributed by atoms with Crippen LogP contribution in [0.15, 0.2) is 47.4 Å². The van der Waals surface area contributed by atoms with Crippen molar-refractivity contribution in [2.45, 2.75) is 30.6 Å². The molecule has 0 spiro atoms. The second-order valence-corrected chi connectivity index (χ2v) is 10.4. The van der Waals surface area contributed by atoms with E-state index in [0.29, 0.717) is 15.5 Å². The van der Waals surface area contributed by atoms with Gasteiger partial charge in [-0.2, -0.15) is 4.31 Å². The zero-order valence-electron chi connectivity index (χ0n) is 17.7. The van der Waals surface area contributed by atoms with Gasteiger partial charge in [-0.05, 0) is 61.1 Å². The standard InChI is InChI=1S/C23H26ClN3O4S/c24-21-8-4-3-7-20(21)23(29)25-16-22(28)26-11-13-27(14-12-26)32(30,31)19-10-9-17-5-1-2-6-18(17)15-19/h3-4,7-10,15H,1-2,5-6,11-14,16H2,(H,25,29). The molecule has 0 aromatic heterocycles. The molecular formula is C23H26ClN3O4S. The van der Waals surface area contributed by atoms with Crippen molar-refractivity contribution in [3.63, 3.8) is 0 Å². The van der Waals surface area contributed by atoms with Gasteiger partial charge in [0.25, 0.3) is 5.91 Å². The fourth-order valence-electron chi connectivity index (χ4n) is 4.21. The van der Waals surface area contributed by atoms with Crippen molar-refractivity contribution < 1.29 is 18.0 Å². The summed E-state index contributed by atoms with van der Waals surface area (Å²) in [6, 6.07) is 12.1. The third-order valence-corrected chi connectivity index (χ3v) is 8.29. The lowest BCUT2D eigenvalue weighted by Crippen LogP contribution is -2.52. The van der Waals surface area contributed by atoms with Gasteiger partial charge >= 0.3 is 0 Å². The van der Waals surface area contributed by atoms with Gasteiger partial charge < -0.3 is 10.2 Å². The fraction of sp³-hybridized carbons (Fsp3) is 0.391. The minimum Gasteiger partial charge on any atom is -0.343 e. The number of carbonyl (C=O) groups is 2. The van der Waals surface area contributed by atoms with Crippen LogP contribution in [-0.2, 0) is 27.7 Å². The summed E-state index contributed by atoms with van der Waals surface area (Å²) in [5, 5.41) is 2.90. The molecular weight excluding hydrogens is 450 g/mol. The Hall–Kier alpha value is -2.42. The third-order valence-electron chi connectivity index (χ3n) is 6.07. The van der Waals surface area contributed by atoms with Gasteiger partial charge in [-0.3, -0.25) is 9.59 Å². The van der Waals surface area contributed by atoms with Crippen LogP contribution in [0.1, 0.15) is 34.3 Å². The quantitative estimate of drug-likeness (QED) is 0.719. The molecule has 2 aromatic rings. The summed E-state index contributed by atoms with van der Waals surface area (Å²) >= 11 is 6.01. The van der Waals surface area contributed by atoms with E-state index in [1.54, 1.807) is 35.2 Å². The molecule has 0 atom stereocenters. The summed E-state index contributed by atoms with van der Waals surface area (Å²) < 4.78 is 27.6. The van der Waals surface area contributed by atoms with Gasteiger partial charge in [0.05, 0.1) is 22.0 Å². The molecule has 7 nitrogen and oxygen atoms in total. The number of rotatable bonds is 5. The normalized spacial score (nSPS) is 17.0. The number of amides is 2. The Bertz CT molecular complexity index is 1130. The highest BCUT2D eigenvalue weighted by molar-refractivity contribution is 7.89. The highest BCUT2D eigenvalue weighted by Crippen LogP contribution is 2.26. The van der Waals surface area contributed by atoms with Crippen molar-refractivity contribution in [2.75, 3.05) is 32.7 Å². The first-order chi connectivity index (χ1) is 15.4. The predicted molar refractivity (Wildman–Crippen MR) is 122 cm³/mol. The van der Waals surface area contributed by atoms with Crippen molar-refractivity contribution in [1.82, 2.24) is 14.5 Å². The van der Waals surface area contributed by atoms with E-state index in [1.165, 1.54) is 9.87 Å². The van der Waals surface area contributed by atoms with E-state index in [9.17, 15) is 18.0 Å². The number of nitrogens with zero attached hydrogens (tertiary/aromatic N) is 2. The Morgan fingerprint density at radius 2 is 1.62 bits per heavy atom. The molecule has 0 saturated carbocycles. The molecule has 4 rings (SSSR count). The van der Waals surface area contributed by atoms with E-state index in [1.807, 2.05) is 12.1 Å². The van der Waals surface area contributed by atoms with E-state index in [2.05, 4.69) is 5.32 Å².